The van der Waals surface area contributed by atoms with Crippen molar-refractivity contribution in [2.75, 3.05) is 6.54 Å². The van der Waals surface area contributed by atoms with E-state index in [9.17, 15) is 9.59 Å². The van der Waals surface area contributed by atoms with Crippen LogP contribution in [0.1, 0.15) is 31.2 Å². The molecule has 1 aromatic heterocycles. The minimum absolute atomic E-state index is 0.0740. The number of amides is 2. The highest BCUT2D eigenvalue weighted by atomic mass is 32.1. The minimum atomic E-state index is -0.535. The summed E-state index contributed by atoms with van der Waals surface area (Å²) in [4.78, 5) is 24.4. The number of aryl methyl sites for hydroxylation is 1. The van der Waals surface area contributed by atoms with Gasteiger partial charge in [0.1, 0.15) is 0 Å². The van der Waals surface area contributed by atoms with E-state index in [-0.39, 0.29) is 5.91 Å². The molecule has 0 aliphatic rings. The third-order valence-electron chi connectivity index (χ3n) is 4.04. The molecule has 128 valence electrons. The van der Waals surface area contributed by atoms with Gasteiger partial charge < -0.3 is 5.32 Å². The number of hydrogen-bond donors (Lipinski definition) is 3. The van der Waals surface area contributed by atoms with E-state index >= 15 is 0 Å². The Morgan fingerprint density at radius 3 is 2.60 bits per heavy atom. The molecule has 3 aromatic rings. The number of carbonyl (C=O) groups is 2. The summed E-state index contributed by atoms with van der Waals surface area (Å²) in [6, 6.07) is 15.0. The molecule has 0 saturated carbocycles. The highest BCUT2D eigenvalue weighted by molar-refractivity contribution is 7.20. The van der Waals surface area contributed by atoms with E-state index in [1.54, 1.807) is 17.6 Å². The van der Waals surface area contributed by atoms with Crippen molar-refractivity contribution < 1.29 is 14.8 Å². The lowest BCUT2D eigenvalue weighted by Crippen LogP contribution is -2.25. The van der Waals surface area contributed by atoms with E-state index in [0.29, 0.717) is 23.4 Å². The second kappa shape index (κ2) is 7.46. The van der Waals surface area contributed by atoms with Crippen LogP contribution in [0.3, 0.4) is 0 Å². The summed E-state index contributed by atoms with van der Waals surface area (Å²) in [6.07, 6.45) is 0.670. The molecule has 0 bridgehead atoms. The van der Waals surface area contributed by atoms with Crippen LogP contribution in [-0.2, 0) is 6.42 Å². The zero-order valence-corrected chi connectivity index (χ0v) is 14.5. The Hall–Kier alpha value is -2.70. The Balaban J connectivity index is 1.60. The SMILES string of the molecule is Cc1cc(C(=O)NO)ccc1CCNC(=O)c1cc2ccccc2s1. The zero-order valence-electron chi connectivity index (χ0n) is 13.7. The number of hydrogen-bond acceptors (Lipinski definition) is 4. The molecular weight excluding hydrogens is 336 g/mol. The fourth-order valence-electron chi connectivity index (χ4n) is 2.67. The van der Waals surface area contributed by atoms with E-state index in [1.807, 2.05) is 43.3 Å². The first-order valence-electron chi connectivity index (χ1n) is 7.89. The van der Waals surface area contributed by atoms with Gasteiger partial charge in [0, 0.05) is 16.8 Å². The number of rotatable bonds is 5. The van der Waals surface area contributed by atoms with Gasteiger partial charge in [-0.3, -0.25) is 14.8 Å². The average Bonchev–Trinajstić information content (AvgIpc) is 3.06. The van der Waals surface area contributed by atoms with E-state index in [2.05, 4.69) is 5.32 Å². The molecule has 1 heterocycles. The standard InChI is InChI=1S/C19H18N2O3S/c1-12-10-15(18(22)21-24)7-6-13(12)8-9-20-19(23)17-11-14-4-2-3-5-16(14)25-17/h2-7,10-11,24H,8-9H2,1H3,(H,20,23)(H,21,22). The molecule has 0 spiro atoms. The second-order valence-corrected chi connectivity index (χ2v) is 6.82. The van der Waals surface area contributed by atoms with Gasteiger partial charge in [-0.1, -0.05) is 24.3 Å². The maximum absolute atomic E-state index is 12.3. The summed E-state index contributed by atoms with van der Waals surface area (Å²) in [7, 11) is 0. The number of fused-ring (bicyclic) bond motifs is 1. The van der Waals surface area contributed by atoms with Crippen LogP contribution in [0.25, 0.3) is 10.1 Å². The second-order valence-electron chi connectivity index (χ2n) is 5.74. The predicted molar refractivity (Wildman–Crippen MR) is 98.3 cm³/mol. The van der Waals surface area contributed by atoms with Gasteiger partial charge >= 0.3 is 0 Å². The Bertz CT molecular complexity index is 900. The molecule has 0 fully saturated rings. The lowest BCUT2D eigenvalue weighted by atomic mass is 10.0. The van der Waals surface area contributed by atoms with Crippen LogP contribution in [0.4, 0.5) is 0 Å². The molecule has 6 heteroatoms. The number of benzene rings is 2. The van der Waals surface area contributed by atoms with Crippen molar-refractivity contribution in [2.45, 2.75) is 13.3 Å². The fourth-order valence-corrected chi connectivity index (χ4v) is 3.65. The number of carbonyl (C=O) groups excluding carboxylic acids is 2. The average molecular weight is 354 g/mol. The van der Waals surface area contributed by atoms with Crippen LogP contribution in [0.5, 0.6) is 0 Å². The van der Waals surface area contributed by atoms with Gasteiger partial charge in [-0.25, -0.2) is 5.48 Å². The molecule has 0 unspecified atom stereocenters. The third kappa shape index (κ3) is 3.87. The quantitative estimate of drug-likeness (QED) is 0.486. The zero-order chi connectivity index (χ0) is 17.8. The number of hydroxylamine groups is 1. The van der Waals surface area contributed by atoms with Crippen LogP contribution in [0.15, 0.2) is 48.5 Å². The van der Waals surface area contributed by atoms with E-state index in [1.165, 1.54) is 11.3 Å². The summed E-state index contributed by atoms with van der Waals surface area (Å²) in [5.74, 6) is -0.608. The van der Waals surface area contributed by atoms with Gasteiger partial charge in [0.2, 0.25) is 0 Å². The maximum atomic E-state index is 12.3. The molecular formula is C19H18N2O3S. The number of nitrogens with one attached hydrogen (secondary N) is 2. The van der Waals surface area contributed by atoms with Crippen molar-refractivity contribution in [3.63, 3.8) is 0 Å². The van der Waals surface area contributed by atoms with Crippen molar-refractivity contribution in [3.05, 3.63) is 70.1 Å². The van der Waals surface area contributed by atoms with Crippen molar-refractivity contribution in [3.8, 4) is 0 Å². The molecule has 2 amide bonds. The van der Waals surface area contributed by atoms with Gasteiger partial charge in [-0.05, 0) is 54.1 Å². The summed E-state index contributed by atoms with van der Waals surface area (Å²) >= 11 is 1.48. The normalized spacial score (nSPS) is 10.6. The minimum Gasteiger partial charge on any atom is -0.351 e. The predicted octanol–water partition coefficient (Wildman–Crippen LogP) is 3.30. The lowest BCUT2D eigenvalue weighted by Gasteiger charge is -2.08. The van der Waals surface area contributed by atoms with Crippen molar-refractivity contribution >= 4 is 33.2 Å². The molecule has 5 nitrogen and oxygen atoms in total. The first-order chi connectivity index (χ1) is 12.1. The monoisotopic (exact) mass is 354 g/mol. The number of thiophene rings is 1. The summed E-state index contributed by atoms with van der Waals surface area (Å²) < 4.78 is 1.10. The summed E-state index contributed by atoms with van der Waals surface area (Å²) in [5.41, 5.74) is 4.01. The Morgan fingerprint density at radius 2 is 1.88 bits per heavy atom. The Labute approximate surface area is 149 Å². The molecule has 3 rings (SSSR count). The topological polar surface area (TPSA) is 78.4 Å². The van der Waals surface area contributed by atoms with E-state index in [4.69, 9.17) is 5.21 Å². The van der Waals surface area contributed by atoms with Gasteiger partial charge in [0.15, 0.2) is 0 Å². The molecule has 0 radical (unpaired) electrons. The summed E-state index contributed by atoms with van der Waals surface area (Å²) in [6.45, 7) is 2.41. The van der Waals surface area contributed by atoms with Crippen LogP contribution in [0.2, 0.25) is 0 Å². The Kier molecular flexibility index (Phi) is 5.11. The highest BCUT2D eigenvalue weighted by Gasteiger charge is 2.10. The van der Waals surface area contributed by atoms with E-state index < -0.39 is 5.91 Å². The van der Waals surface area contributed by atoms with Gasteiger partial charge in [0.25, 0.3) is 11.8 Å². The molecule has 25 heavy (non-hydrogen) atoms. The van der Waals surface area contributed by atoms with Crippen LogP contribution in [0, 0.1) is 6.92 Å². The van der Waals surface area contributed by atoms with E-state index in [0.717, 1.165) is 21.2 Å². The highest BCUT2D eigenvalue weighted by Crippen LogP contribution is 2.25. The summed E-state index contributed by atoms with van der Waals surface area (Å²) in [5, 5.41) is 12.7. The fraction of sp³-hybridized carbons (Fsp3) is 0.158. The first kappa shape index (κ1) is 17.1. The van der Waals surface area contributed by atoms with Crippen LogP contribution < -0.4 is 10.8 Å². The first-order valence-corrected chi connectivity index (χ1v) is 8.71. The van der Waals surface area contributed by atoms with Crippen molar-refractivity contribution in [2.24, 2.45) is 0 Å². The third-order valence-corrected chi connectivity index (χ3v) is 5.15. The van der Waals surface area contributed by atoms with Crippen LogP contribution >= 0.6 is 11.3 Å². The maximum Gasteiger partial charge on any atom is 0.274 e. The van der Waals surface area contributed by atoms with Crippen molar-refractivity contribution in [1.82, 2.24) is 10.8 Å². The van der Waals surface area contributed by atoms with Crippen molar-refractivity contribution in [1.29, 1.82) is 0 Å². The van der Waals surface area contributed by atoms with Gasteiger partial charge in [-0.15, -0.1) is 11.3 Å². The molecule has 0 saturated heterocycles. The molecule has 0 atom stereocenters. The lowest BCUT2D eigenvalue weighted by molar-refractivity contribution is 0.0706. The van der Waals surface area contributed by atoms with Gasteiger partial charge in [0.05, 0.1) is 4.88 Å². The van der Waals surface area contributed by atoms with Gasteiger partial charge in [-0.2, -0.15) is 0 Å². The molecule has 0 aliphatic carbocycles. The smallest absolute Gasteiger partial charge is 0.274 e. The Morgan fingerprint density at radius 1 is 1.08 bits per heavy atom. The van der Waals surface area contributed by atoms with Crippen LogP contribution in [-0.4, -0.2) is 23.6 Å². The molecule has 2 aromatic carbocycles. The molecule has 3 N–H and O–H groups in total. The molecule has 0 aliphatic heterocycles. The largest absolute Gasteiger partial charge is 0.351 e.